The van der Waals surface area contributed by atoms with Gasteiger partial charge >= 0.3 is 23.6 Å². The zero-order chi connectivity index (χ0) is 34.8. The molecule has 1 fully saturated rings. The minimum atomic E-state index is -3.23. The molecule has 1 atom stereocenters. The molecule has 48 heavy (non-hydrogen) atoms. The van der Waals surface area contributed by atoms with Gasteiger partial charge in [0.2, 0.25) is 5.91 Å². The molecule has 0 radical (unpaired) electrons. The van der Waals surface area contributed by atoms with E-state index in [4.69, 9.17) is 20.3 Å². The molecule has 4 rings (SSSR count). The fourth-order valence-electron chi connectivity index (χ4n) is 5.59. The van der Waals surface area contributed by atoms with Gasteiger partial charge in [-0.15, -0.1) is 0 Å². The van der Waals surface area contributed by atoms with Gasteiger partial charge in [0.15, 0.2) is 21.3 Å². The SMILES string of the molecule is CCCCOc1nc(N)c2[nH]c(=O)n(CCCc3cc(CNC(=O)CN(CCC(=O)O)C4CCS(=O)(=O)C4)ccc3CC(=O)OC)c2n1. The number of aromatic nitrogens is 4. The van der Waals surface area contributed by atoms with Gasteiger partial charge in [-0.05, 0) is 42.4 Å². The van der Waals surface area contributed by atoms with Crippen molar-refractivity contribution < 1.29 is 37.4 Å². The maximum Gasteiger partial charge on any atom is 0.327 e. The summed E-state index contributed by atoms with van der Waals surface area (Å²) in [5, 5.41) is 12.0. The Hall–Kier alpha value is -4.51. The summed E-state index contributed by atoms with van der Waals surface area (Å²) >= 11 is 0. The van der Waals surface area contributed by atoms with Crippen molar-refractivity contribution in [3.05, 3.63) is 45.4 Å². The van der Waals surface area contributed by atoms with E-state index in [-0.39, 0.29) is 68.3 Å². The lowest BCUT2D eigenvalue weighted by Gasteiger charge is -2.26. The lowest BCUT2D eigenvalue weighted by atomic mass is 9.97. The molecule has 0 aliphatic carbocycles. The number of imidazole rings is 1. The van der Waals surface area contributed by atoms with E-state index in [0.29, 0.717) is 37.0 Å². The third-order valence-corrected chi connectivity index (χ3v) is 9.94. The number of esters is 1. The van der Waals surface area contributed by atoms with Crippen molar-refractivity contribution in [3.63, 3.8) is 0 Å². The highest BCUT2D eigenvalue weighted by Gasteiger charge is 2.33. The number of aryl methyl sites for hydroxylation is 2. The molecule has 1 aliphatic rings. The van der Waals surface area contributed by atoms with E-state index >= 15 is 0 Å². The highest BCUT2D eigenvalue weighted by Crippen LogP contribution is 2.21. The molecule has 3 heterocycles. The van der Waals surface area contributed by atoms with Gasteiger partial charge < -0.3 is 30.6 Å². The number of fused-ring (bicyclic) bond motifs is 1. The Labute approximate surface area is 277 Å². The number of methoxy groups -OCH3 is 1. The third kappa shape index (κ3) is 10.00. The first-order chi connectivity index (χ1) is 22.9. The minimum Gasteiger partial charge on any atom is -0.481 e. The van der Waals surface area contributed by atoms with Crippen molar-refractivity contribution in [2.24, 2.45) is 0 Å². The van der Waals surface area contributed by atoms with Gasteiger partial charge in [-0.25, -0.2) is 13.2 Å². The van der Waals surface area contributed by atoms with Gasteiger partial charge in [0.25, 0.3) is 0 Å². The van der Waals surface area contributed by atoms with E-state index in [9.17, 15) is 27.6 Å². The summed E-state index contributed by atoms with van der Waals surface area (Å²) in [7, 11) is -1.92. The molecular weight excluding hydrogens is 646 g/mol. The van der Waals surface area contributed by atoms with Gasteiger partial charge in [0.1, 0.15) is 5.52 Å². The fraction of sp³-hybridized carbons (Fsp3) is 0.548. The molecule has 16 nitrogen and oxygen atoms in total. The number of aromatic amines is 1. The Bertz CT molecular complexity index is 1790. The van der Waals surface area contributed by atoms with E-state index in [1.54, 1.807) is 17.0 Å². The number of benzene rings is 1. The number of hydrogen-bond acceptors (Lipinski definition) is 12. The van der Waals surface area contributed by atoms with Crippen LogP contribution < -0.4 is 21.5 Å². The number of carbonyl (C=O) groups excluding carboxylic acids is 2. The van der Waals surface area contributed by atoms with Crippen molar-refractivity contribution in [2.75, 3.05) is 44.0 Å². The lowest BCUT2D eigenvalue weighted by Crippen LogP contribution is -2.44. The molecule has 1 aromatic carbocycles. The molecule has 1 amide bonds. The number of carboxylic acid groups (broad SMARTS) is 1. The van der Waals surface area contributed by atoms with Crippen molar-refractivity contribution in [3.8, 4) is 6.01 Å². The Morgan fingerprint density at radius 2 is 2.00 bits per heavy atom. The van der Waals surface area contributed by atoms with Crippen LogP contribution in [0.5, 0.6) is 6.01 Å². The number of hydrogen-bond donors (Lipinski definition) is 4. The van der Waals surface area contributed by atoms with Gasteiger partial charge in [-0.2, -0.15) is 9.97 Å². The molecule has 1 saturated heterocycles. The zero-order valence-electron chi connectivity index (χ0n) is 27.2. The number of nitrogens with one attached hydrogen (secondary N) is 2. The van der Waals surface area contributed by atoms with Gasteiger partial charge in [-0.1, -0.05) is 31.5 Å². The summed E-state index contributed by atoms with van der Waals surface area (Å²) in [5.74, 6) is -1.81. The van der Waals surface area contributed by atoms with Crippen LogP contribution in [0.25, 0.3) is 11.2 Å². The quantitative estimate of drug-likeness (QED) is 0.107. The predicted molar refractivity (Wildman–Crippen MR) is 176 cm³/mol. The molecule has 262 valence electrons. The highest BCUT2D eigenvalue weighted by atomic mass is 32.2. The fourth-order valence-corrected chi connectivity index (χ4v) is 7.36. The summed E-state index contributed by atoms with van der Waals surface area (Å²) in [6.45, 7) is 2.80. The number of carbonyl (C=O) groups is 3. The number of nitrogens with zero attached hydrogens (tertiary/aromatic N) is 4. The number of unbranched alkanes of at least 4 members (excludes halogenated alkanes) is 1. The number of aliphatic carboxylic acids is 1. The Morgan fingerprint density at radius 3 is 2.69 bits per heavy atom. The van der Waals surface area contributed by atoms with E-state index < -0.39 is 33.5 Å². The highest BCUT2D eigenvalue weighted by molar-refractivity contribution is 7.91. The van der Waals surface area contributed by atoms with E-state index in [2.05, 4.69) is 20.3 Å². The number of carboxylic acids is 1. The molecule has 5 N–H and O–H groups in total. The summed E-state index contributed by atoms with van der Waals surface area (Å²) in [4.78, 5) is 61.9. The van der Waals surface area contributed by atoms with Crippen molar-refractivity contribution in [1.82, 2.24) is 29.7 Å². The molecule has 0 spiro atoms. The molecular formula is C31H43N7O9S. The van der Waals surface area contributed by atoms with Gasteiger partial charge in [-0.3, -0.25) is 23.9 Å². The number of nitrogens with two attached hydrogens (primary N) is 1. The second-order valence-electron chi connectivity index (χ2n) is 11.8. The van der Waals surface area contributed by atoms with Crippen LogP contribution in [0.1, 0.15) is 55.7 Å². The van der Waals surface area contributed by atoms with Crippen LogP contribution in [0, 0.1) is 0 Å². The van der Waals surface area contributed by atoms with Crippen LogP contribution in [-0.2, 0) is 54.9 Å². The second-order valence-corrected chi connectivity index (χ2v) is 14.0. The zero-order valence-corrected chi connectivity index (χ0v) is 28.0. The number of rotatable bonds is 18. The van der Waals surface area contributed by atoms with Crippen molar-refractivity contribution in [1.29, 1.82) is 0 Å². The van der Waals surface area contributed by atoms with E-state index in [0.717, 1.165) is 29.5 Å². The van der Waals surface area contributed by atoms with Crippen LogP contribution in [0.3, 0.4) is 0 Å². The number of amides is 1. The largest absolute Gasteiger partial charge is 0.481 e. The van der Waals surface area contributed by atoms with Crippen LogP contribution in [0.2, 0.25) is 0 Å². The average Bonchev–Trinajstić information content (AvgIpc) is 3.57. The standard InChI is InChI=1S/C31H43N7O9S/c1-3-4-13-47-30-35-28(32)27-29(36-30)38(31(43)34-27)11-5-6-21-15-20(7-8-22(21)16-26(42)46-2)17-33-24(39)18-37(12-9-25(40)41)23-10-14-48(44,45)19-23/h7-8,15,23H,3-6,9-14,16-19H2,1-2H3,(H,33,39)(H,34,43)(H,40,41)(H2,32,35,36). The maximum atomic E-state index is 12.9. The first-order valence-electron chi connectivity index (χ1n) is 15.9. The second kappa shape index (κ2) is 16.5. The summed E-state index contributed by atoms with van der Waals surface area (Å²) in [6, 6.07) is 5.13. The topological polar surface area (TPSA) is 229 Å². The third-order valence-electron chi connectivity index (χ3n) is 8.19. The Morgan fingerprint density at radius 1 is 1.21 bits per heavy atom. The molecule has 1 unspecified atom stereocenters. The van der Waals surface area contributed by atoms with E-state index in [1.807, 2.05) is 13.0 Å². The Balaban J connectivity index is 1.44. The van der Waals surface area contributed by atoms with Crippen LogP contribution in [-0.4, -0.2) is 100 Å². The van der Waals surface area contributed by atoms with Gasteiger partial charge in [0, 0.05) is 25.7 Å². The number of sulfone groups is 1. The predicted octanol–water partition coefficient (Wildman–Crippen LogP) is 0.809. The number of ether oxygens (including phenoxy) is 2. The number of anilines is 1. The van der Waals surface area contributed by atoms with Crippen LogP contribution >= 0.6 is 0 Å². The first kappa shape index (κ1) is 36.3. The molecule has 3 aromatic rings. The summed E-state index contributed by atoms with van der Waals surface area (Å²) < 4.78 is 36.0. The summed E-state index contributed by atoms with van der Waals surface area (Å²) in [5.41, 5.74) is 8.65. The normalized spacial score (nSPS) is 15.5. The number of nitrogen functional groups attached to an aromatic ring is 1. The van der Waals surface area contributed by atoms with Crippen LogP contribution in [0.4, 0.5) is 5.82 Å². The van der Waals surface area contributed by atoms with Crippen molar-refractivity contribution >= 4 is 44.7 Å². The molecule has 1 aliphatic heterocycles. The average molecular weight is 690 g/mol. The maximum absolute atomic E-state index is 12.9. The van der Waals surface area contributed by atoms with Crippen LogP contribution in [0.15, 0.2) is 23.0 Å². The molecule has 17 heteroatoms. The van der Waals surface area contributed by atoms with E-state index in [1.165, 1.54) is 11.7 Å². The summed E-state index contributed by atoms with van der Waals surface area (Å²) in [6.07, 6.45) is 2.89. The Kier molecular flexibility index (Phi) is 12.5. The van der Waals surface area contributed by atoms with Crippen molar-refractivity contribution in [2.45, 2.75) is 71.0 Å². The molecule has 0 bridgehead atoms. The molecule has 2 aromatic heterocycles. The monoisotopic (exact) mass is 689 g/mol. The smallest absolute Gasteiger partial charge is 0.327 e. The molecule has 0 saturated carbocycles. The number of H-pyrrole nitrogens is 1. The van der Waals surface area contributed by atoms with Gasteiger partial charge in [0.05, 0.1) is 44.6 Å². The minimum absolute atomic E-state index is 0.00871. The first-order valence-corrected chi connectivity index (χ1v) is 17.7. The lowest BCUT2D eigenvalue weighted by molar-refractivity contribution is -0.140.